The van der Waals surface area contributed by atoms with Crippen LogP contribution in [0.3, 0.4) is 0 Å². The molecule has 0 aromatic carbocycles. The van der Waals surface area contributed by atoms with Gasteiger partial charge < -0.3 is 10.2 Å². The van der Waals surface area contributed by atoms with Crippen molar-refractivity contribution in [2.75, 3.05) is 13.1 Å². The SMILES string of the molecule is O=C(CN1CCCC1=O)N[C@@H](Cc1cccs1)c1nccs1. The molecule has 0 aliphatic carbocycles. The molecule has 22 heavy (non-hydrogen) atoms. The Hall–Kier alpha value is -1.73. The zero-order valence-corrected chi connectivity index (χ0v) is 13.7. The highest BCUT2D eigenvalue weighted by Crippen LogP contribution is 2.23. The zero-order chi connectivity index (χ0) is 15.4. The highest BCUT2D eigenvalue weighted by Gasteiger charge is 2.24. The largest absolute Gasteiger partial charge is 0.345 e. The van der Waals surface area contributed by atoms with Crippen molar-refractivity contribution < 1.29 is 9.59 Å². The van der Waals surface area contributed by atoms with Gasteiger partial charge in [-0.2, -0.15) is 0 Å². The first-order valence-electron chi connectivity index (χ1n) is 7.21. The maximum atomic E-state index is 12.3. The number of aromatic nitrogens is 1. The molecule has 1 aliphatic heterocycles. The molecule has 116 valence electrons. The summed E-state index contributed by atoms with van der Waals surface area (Å²) in [5, 5.41) is 7.86. The Kier molecular flexibility index (Phi) is 4.84. The van der Waals surface area contributed by atoms with E-state index in [0.29, 0.717) is 13.0 Å². The molecular formula is C15H17N3O2S2. The quantitative estimate of drug-likeness (QED) is 0.880. The van der Waals surface area contributed by atoms with E-state index in [9.17, 15) is 9.59 Å². The molecule has 2 aromatic heterocycles. The lowest BCUT2D eigenvalue weighted by atomic mass is 10.2. The lowest BCUT2D eigenvalue weighted by Crippen LogP contribution is -2.39. The Morgan fingerprint density at radius 1 is 1.41 bits per heavy atom. The molecule has 1 fully saturated rings. The standard InChI is InChI=1S/C15H17N3O2S2/c19-13(10-18-6-1-4-14(18)20)17-12(15-16-5-8-22-15)9-11-3-2-7-21-11/h2-3,5,7-8,12H,1,4,6,9-10H2,(H,17,19)/t12-/m0/s1. The van der Waals surface area contributed by atoms with E-state index >= 15 is 0 Å². The number of carbonyl (C=O) groups excluding carboxylic acids is 2. The first-order chi connectivity index (χ1) is 10.7. The number of hydrogen-bond donors (Lipinski definition) is 1. The fraction of sp³-hybridized carbons (Fsp3) is 0.400. The number of rotatable bonds is 6. The van der Waals surface area contributed by atoms with E-state index in [1.807, 2.05) is 16.8 Å². The zero-order valence-electron chi connectivity index (χ0n) is 12.0. The van der Waals surface area contributed by atoms with Gasteiger partial charge in [0.1, 0.15) is 5.01 Å². The van der Waals surface area contributed by atoms with Crippen LogP contribution in [0.4, 0.5) is 0 Å². The van der Waals surface area contributed by atoms with Crippen LogP contribution in [0.1, 0.15) is 28.8 Å². The van der Waals surface area contributed by atoms with Crippen molar-refractivity contribution in [2.45, 2.75) is 25.3 Å². The van der Waals surface area contributed by atoms with Gasteiger partial charge >= 0.3 is 0 Å². The number of nitrogens with zero attached hydrogens (tertiary/aromatic N) is 2. The van der Waals surface area contributed by atoms with Crippen molar-refractivity contribution >= 4 is 34.5 Å². The lowest BCUT2D eigenvalue weighted by molar-refractivity contribution is -0.133. The van der Waals surface area contributed by atoms with Crippen LogP contribution >= 0.6 is 22.7 Å². The van der Waals surface area contributed by atoms with Gasteiger partial charge in [0.25, 0.3) is 0 Å². The smallest absolute Gasteiger partial charge is 0.240 e. The Bertz CT molecular complexity index is 625. The van der Waals surface area contributed by atoms with E-state index in [1.165, 1.54) is 16.2 Å². The maximum absolute atomic E-state index is 12.3. The predicted octanol–water partition coefficient (Wildman–Crippen LogP) is 2.23. The second-order valence-corrected chi connectivity index (χ2v) is 7.15. The minimum atomic E-state index is -0.135. The van der Waals surface area contributed by atoms with Crippen LogP contribution < -0.4 is 5.32 Å². The van der Waals surface area contributed by atoms with Gasteiger partial charge in [-0.05, 0) is 17.9 Å². The number of amides is 2. The van der Waals surface area contributed by atoms with Crippen LogP contribution in [0.15, 0.2) is 29.1 Å². The maximum Gasteiger partial charge on any atom is 0.240 e. The van der Waals surface area contributed by atoms with E-state index in [2.05, 4.69) is 16.4 Å². The summed E-state index contributed by atoms with van der Waals surface area (Å²) in [6, 6.07) is 3.93. The van der Waals surface area contributed by atoms with Crippen LogP contribution in [0.5, 0.6) is 0 Å². The fourth-order valence-corrected chi connectivity index (χ4v) is 3.96. The van der Waals surface area contributed by atoms with E-state index in [0.717, 1.165) is 17.8 Å². The van der Waals surface area contributed by atoms with Crippen molar-refractivity contribution in [3.05, 3.63) is 39.0 Å². The number of nitrogens with one attached hydrogen (secondary N) is 1. The van der Waals surface area contributed by atoms with E-state index < -0.39 is 0 Å². The second-order valence-electron chi connectivity index (χ2n) is 5.19. The summed E-state index contributed by atoms with van der Waals surface area (Å²) in [4.78, 5) is 31.0. The molecule has 2 aromatic rings. The third kappa shape index (κ3) is 3.72. The second kappa shape index (κ2) is 7.02. The van der Waals surface area contributed by atoms with E-state index in [-0.39, 0.29) is 24.4 Å². The normalized spacial score (nSPS) is 16.0. The van der Waals surface area contributed by atoms with Crippen molar-refractivity contribution in [1.82, 2.24) is 15.2 Å². The molecular weight excluding hydrogens is 318 g/mol. The molecule has 3 rings (SSSR count). The molecule has 0 radical (unpaired) electrons. The van der Waals surface area contributed by atoms with Gasteiger partial charge in [0.2, 0.25) is 11.8 Å². The highest BCUT2D eigenvalue weighted by molar-refractivity contribution is 7.10. The summed E-state index contributed by atoms with van der Waals surface area (Å²) in [6.07, 6.45) is 3.87. The van der Waals surface area contributed by atoms with Gasteiger partial charge in [0.15, 0.2) is 0 Å². The number of likely N-dealkylation sites (tertiary alicyclic amines) is 1. The molecule has 0 saturated carbocycles. The Morgan fingerprint density at radius 2 is 2.32 bits per heavy atom. The third-order valence-corrected chi connectivity index (χ3v) is 5.36. The van der Waals surface area contributed by atoms with E-state index in [1.54, 1.807) is 22.4 Å². The first-order valence-corrected chi connectivity index (χ1v) is 8.97. The van der Waals surface area contributed by atoms with E-state index in [4.69, 9.17) is 0 Å². The summed E-state index contributed by atoms with van der Waals surface area (Å²) in [5.41, 5.74) is 0. The van der Waals surface area contributed by atoms with Gasteiger partial charge in [-0.3, -0.25) is 9.59 Å². The van der Waals surface area contributed by atoms with Crippen molar-refractivity contribution in [2.24, 2.45) is 0 Å². The van der Waals surface area contributed by atoms with Crippen molar-refractivity contribution in [1.29, 1.82) is 0 Å². The Morgan fingerprint density at radius 3 is 2.95 bits per heavy atom. The average Bonchev–Trinajstić information content (AvgIpc) is 3.22. The molecule has 1 saturated heterocycles. The van der Waals surface area contributed by atoms with Gasteiger partial charge in [0.05, 0.1) is 12.6 Å². The summed E-state index contributed by atoms with van der Waals surface area (Å²) in [7, 11) is 0. The average molecular weight is 335 g/mol. The molecule has 7 heteroatoms. The molecule has 1 N–H and O–H groups in total. The van der Waals surface area contributed by atoms with Crippen LogP contribution in [0, 0.1) is 0 Å². The van der Waals surface area contributed by atoms with Crippen molar-refractivity contribution in [3.63, 3.8) is 0 Å². The monoisotopic (exact) mass is 335 g/mol. The lowest BCUT2D eigenvalue weighted by Gasteiger charge is -2.19. The number of thiazole rings is 1. The molecule has 5 nitrogen and oxygen atoms in total. The van der Waals surface area contributed by atoms with Gasteiger partial charge in [0, 0.05) is 35.8 Å². The summed E-state index contributed by atoms with van der Waals surface area (Å²) >= 11 is 3.21. The highest BCUT2D eigenvalue weighted by atomic mass is 32.1. The fourth-order valence-electron chi connectivity index (χ4n) is 2.52. The number of thiophene rings is 1. The summed E-state index contributed by atoms with van der Waals surface area (Å²) in [6.45, 7) is 0.824. The molecule has 0 bridgehead atoms. The molecule has 1 aliphatic rings. The molecule has 2 amide bonds. The number of carbonyl (C=O) groups is 2. The molecule has 1 atom stereocenters. The van der Waals surface area contributed by atoms with Gasteiger partial charge in [-0.25, -0.2) is 4.98 Å². The van der Waals surface area contributed by atoms with Gasteiger partial charge in [-0.1, -0.05) is 6.07 Å². The minimum Gasteiger partial charge on any atom is -0.345 e. The third-order valence-electron chi connectivity index (χ3n) is 3.58. The van der Waals surface area contributed by atoms with Crippen LogP contribution in [0.2, 0.25) is 0 Å². The van der Waals surface area contributed by atoms with Gasteiger partial charge in [-0.15, -0.1) is 22.7 Å². The topological polar surface area (TPSA) is 62.3 Å². The summed E-state index contributed by atoms with van der Waals surface area (Å²) < 4.78 is 0. The van der Waals surface area contributed by atoms with Crippen molar-refractivity contribution in [3.8, 4) is 0 Å². The van der Waals surface area contributed by atoms with Crippen LogP contribution in [-0.4, -0.2) is 34.8 Å². The Balaban J connectivity index is 1.64. The summed E-state index contributed by atoms with van der Waals surface area (Å²) in [5.74, 6) is -0.0498. The molecule has 0 unspecified atom stereocenters. The molecule has 3 heterocycles. The Labute approximate surface area is 137 Å². The van der Waals surface area contributed by atoms with Crippen LogP contribution in [-0.2, 0) is 16.0 Å². The first kappa shape index (κ1) is 15.2. The molecule has 0 spiro atoms. The number of hydrogen-bond acceptors (Lipinski definition) is 5. The van der Waals surface area contributed by atoms with Crippen LogP contribution in [0.25, 0.3) is 0 Å². The predicted molar refractivity (Wildman–Crippen MR) is 86.8 cm³/mol. The minimum absolute atomic E-state index is 0.0687.